The molecular formula is C23H27F2NO3. The summed E-state index contributed by atoms with van der Waals surface area (Å²) in [5, 5.41) is 0. The number of carbonyl (C=O) groups excluding carboxylic acids is 1. The number of alkyl halides is 2. The fourth-order valence-electron chi connectivity index (χ4n) is 3.32. The summed E-state index contributed by atoms with van der Waals surface area (Å²) >= 11 is 0. The van der Waals surface area contributed by atoms with Gasteiger partial charge in [0, 0.05) is 18.4 Å². The van der Waals surface area contributed by atoms with Gasteiger partial charge in [-0.15, -0.1) is 0 Å². The van der Waals surface area contributed by atoms with Gasteiger partial charge in [0.05, 0.1) is 18.8 Å². The molecule has 2 aromatic carbocycles. The van der Waals surface area contributed by atoms with Crippen molar-refractivity contribution >= 4 is 11.6 Å². The van der Waals surface area contributed by atoms with Gasteiger partial charge in [-0.1, -0.05) is 37.6 Å². The Hall–Kier alpha value is -2.63. The quantitative estimate of drug-likeness (QED) is 0.515. The molecular weight excluding hydrogens is 376 g/mol. The molecule has 0 radical (unpaired) electrons. The van der Waals surface area contributed by atoms with Crippen LogP contribution in [-0.2, 0) is 10.7 Å². The highest BCUT2D eigenvalue weighted by Crippen LogP contribution is 2.36. The van der Waals surface area contributed by atoms with Crippen LogP contribution in [-0.4, -0.2) is 25.7 Å². The zero-order valence-corrected chi connectivity index (χ0v) is 16.7. The van der Waals surface area contributed by atoms with Gasteiger partial charge < -0.3 is 14.4 Å². The van der Waals surface area contributed by atoms with E-state index in [1.807, 2.05) is 25.1 Å². The number of carbonyl (C=O) groups is 1. The lowest BCUT2D eigenvalue weighted by atomic mass is 10.0. The predicted octanol–water partition coefficient (Wildman–Crippen LogP) is 5.55. The molecule has 1 aliphatic rings. The number of para-hydroxylation sites is 2. The molecule has 0 aliphatic carbocycles. The van der Waals surface area contributed by atoms with Gasteiger partial charge in [-0.25, -0.2) is 8.78 Å². The second-order valence-corrected chi connectivity index (χ2v) is 7.15. The van der Waals surface area contributed by atoms with Crippen LogP contribution in [0.5, 0.6) is 11.5 Å². The van der Waals surface area contributed by atoms with Gasteiger partial charge >= 0.3 is 0 Å². The lowest BCUT2D eigenvalue weighted by Crippen LogP contribution is -2.37. The molecule has 1 heterocycles. The van der Waals surface area contributed by atoms with Crippen molar-refractivity contribution in [2.45, 2.75) is 45.0 Å². The van der Waals surface area contributed by atoms with Gasteiger partial charge in [0.15, 0.2) is 0 Å². The maximum absolute atomic E-state index is 14.7. The fourth-order valence-corrected chi connectivity index (χ4v) is 3.32. The van der Waals surface area contributed by atoms with Crippen molar-refractivity contribution < 1.29 is 23.0 Å². The number of ether oxygens (including phenoxy) is 2. The van der Waals surface area contributed by atoms with Crippen LogP contribution in [0, 0.1) is 0 Å². The Balaban J connectivity index is 1.56. The highest BCUT2D eigenvalue weighted by molar-refractivity contribution is 5.95. The Kier molecular flexibility index (Phi) is 7.07. The van der Waals surface area contributed by atoms with E-state index in [-0.39, 0.29) is 30.7 Å². The molecule has 29 heavy (non-hydrogen) atoms. The molecule has 156 valence electrons. The summed E-state index contributed by atoms with van der Waals surface area (Å²) in [5.41, 5.74) is 0.628. The Morgan fingerprint density at radius 3 is 2.83 bits per heavy atom. The Labute approximate surface area is 170 Å². The third-order valence-electron chi connectivity index (χ3n) is 4.93. The first kappa shape index (κ1) is 21.1. The summed E-state index contributed by atoms with van der Waals surface area (Å²) in [7, 11) is 0. The number of hydrogen-bond acceptors (Lipinski definition) is 3. The molecule has 0 aromatic heterocycles. The largest absolute Gasteiger partial charge is 0.494 e. The van der Waals surface area contributed by atoms with E-state index in [0.717, 1.165) is 12.8 Å². The number of unbranched alkanes of at least 4 members (excludes halogenated alkanes) is 1. The number of hydrogen-bond donors (Lipinski definition) is 0. The molecule has 3 rings (SSSR count). The Morgan fingerprint density at radius 1 is 1.17 bits per heavy atom. The molecule has 0 saturated carbocycles. The summed E-state index contributed by atoms with van der Waals surface area (Å²) in [6.07, 6.45) is 1.65. The lowest BCUT2D eigenvalue weighted by molar-refractivity contribution is -0.119. The maximum Gasteiger partial charge on any atom is 0.273 e. The van der Waals surface area contributed by atoms with Gasteiger partial charge in [-0.05, 0) is 37.1 Å². The fraction of sp³-hybridized carbons (Fsp3) is 0.435. The van der Waals surface area contributed by atoms with Crippen LogP contribution in [0.3, 0.4) is 0 Å². The molecule has 0 saturated heterocycles. The van der Waals surface area contributed by atoms with E-state index in [1.54, 1.807) is 23.1 Å². The van der Waals surface area contributed by atoms with Crippen LogP contribution in [0.4, 0.5) is 14.5 Å². The first-order valence-electron chi connectivity index (χ1n) is 10.1. The van der Waals surface area contributed by atoms with E-state index in [0.29, 0.717) is 36.9 Å². The van der Waals surface area contributed by atoms with Crippen LogP contribution in [0.2, 0.25) is 0 Å². The third kappa shape index (κ3) is 5.46. The number of anilines is 1. The highest BCUT2D eigenvalue weighted by atomic mass is 19.3. The van der Waals surface area contributed by atoms with Crippen LogP contribution in [0.25, 0.3) is 0 Å². The summed E-state index contributed by atoms with van der Waals surface area (Å²) in [6.45, 7) is 3.40. The highest BCUT2D eigenvalue weighted by Gasteiger charge is 2.32. The van der Waals surface area contributed by atoms with Gasteiger partial charge in [-0.3, -0.25) is 4.79 Å². The van der Waals surface area contributed by atoms with Gasteiger partial charge in [0.1, 0.15) is 18.1 Å². The van der Waals surface area contributed by atoms with E-state index in [9.17, 15) is 13.6 Å². The molecule has 1 aliphatic heterocycles. The Morgan fingerprint density at radius 2 is 2.00 bits per heavy atom. The second-order valence-electron chi connectivity index (χ2n) is 7.15. The van der Waals surface area contributed by atoms with Crippen molar-refractivity contribution in [3.05, 3.63) is 54.1 Å². The van der Waals surface area contributed by atoms with Crippen LogP contribution < -0.4 is 14.4 Å². The van der Waals surface area contributed by atoms with Gasteiger partial charge in [0.2, 0.25) is 5.91 Å². The summed E-state index contributed by atoms with van der Waals surface area (Å²) in [4.78, 5) is 14.2. The molecule has 1 amide bonds. The van der Waals surface area contributed by atoms with E-state index in [2.05, 4.69) is 0 Å². The minimum absolute atomic E-state index is 0.0661. The van der Waals surface area contributed by atoms with E-state index in [4.69, 9.17) is 9.47 Å². The molecule has 2 aromatic rings. The smallest absolute Gasteiger partial charge is 0.273 e. The van der Waals surface area contributed by atoms with Crippen molar-refractivity contribution in [1.82, 2.24) is 0 Å². The third-order valence-corrected chi connectivity index (χ3v) is 4.93. The molecule has 4 nitrogen and oxygen atoms in total. The minimum Gasteiger partial charge on any atom is -0.494 e. The zero-order valence-electron chi connectivity index (χ0n) is 16.7. The standard InChI is InChI=1S/C23H27F2NO3/c1-2-3-15-28-19-9-6-8-18(17-19)23(24,25)13-7-12-22(27)26-14-16-29-21-11-5-4-10-20(21)26/h4-6,8-11,17H,2-3,7,12-16H2,1H3. The number of nitrogens with zero attached hydrogens (tertiary/aromatic N) is 1. The van der Waals surface area contributed by atoms with Crippen LogP contribution in [0.15, 0.2) is 48.5 Å². The monoisotopic (exact) mass is 403 g/mol. The van der Waals surface area contributed by atoms with Crippen molar-refractivity contribution in [3.8, 4) is 11.5 Å². The molecule has 0 N–H and O–H groups in total. The lowest BCUT2D eigenvalue weighted by Gasteiger charge is -2.29. The van der Waals surface area contributed by atoms with Crippen molar-refractivity contribution in [3.63, 3.8) is 0 Å². The molecule has 0 spiro atoms. The summed E-state index contributed by atoms with van der Waals surface area (Å²) in [6, 6.07) is 13.4. The number of rotatable bonds is 9. The van der Waals surface area contributed by atoms with E-state index < -0.39 is 5.92 Å². The molecule has 0 atom stereocenters. The van der Waals surface area contributed by atoms with E-state index >= 15 is 0 Å². The molecule has 6 heteroatoms. The SMILES string of the molecule is CCCCOc1cccc(C(F)(F)CCCC(=O)N2CCOc3ccccc32)c1. The number of fused-ring (bicyclic) bond motifs is 1. The second kappa shape index (κ2) is 9.72. The molecule has 0 fully saturated rings. The Bertz CT molecular complexity index is 825. The predicted molar refractivity (Wildman–Crippen MR) is 109 cm³/mol. The average Bonchev–Trinajstić information content (AvgIpc) is 2.73. The first-order valence-corrected chi connectivity index (χ1v) is 10.1. The van der Waals surface area contributed by atoms with Crippen molar-refractivity contribution in [2.24, 2.45) is 0 Å². The number of benzene rings is 2. The summed E-state index contributed by atoms with van der Waals surface area (Å²) < 4.78 is 40.4. The van der Waals surface area contributed by atoms with Crippen LogP contribution in [0.1, 0.15) is 44.6 Å². The zero-order chi connectivity index (χ0) is 20.7. The molecule has 0 unspecified atom stereocenters. The van der Waals surface area contributed by atoms with Crippen LogP contribution >= 0.6 is 0 Å². The van der Waals surface area contributed by atoms with Gasteiger partial charge in [-0.2, -0.15) is 0 Å². The first-order chi connectivity index (χ1) is 14.0. The topological polar surface area (TPSA) is 38.8 Å². The maximum atomic E-state index is 14.7. The normalized spacial score (nSPS) is 13.6. The number of amides is 1. The number of halogens is 2. The summed E-state index contributed by atoms with van der Waals surface area (Å²) in [5.74, 6) is -2.06. The van der Waals surface area contributed by atoms with Gasteiger partial charge in [0.25, 0.3) is 5.92 Å². The average molecular weight is 403 g/mol. The van der Waals surface area contributed by atoms with Crippen molar-refractivity contribution in [1.29, 1.82) is 0 Å². The van der Waals surface area contributed by atoms with Crippen molar-refractivity contribution in [2.75, 3.05) is 24.7 Å². The minimum atomic E-state index is -3.01. The van der Waals surface area contributed by atoms with E-state index in [1.165, 1.54) is 12.1 Å². The molecule has 0 bridgehead atoms.